The van der Waals surface area contributed by atoms with E-state index in [1.54, 1.807) is 48.8 Å². The van der Waals surface area contributed by atoms with Crippen LogP contribution in [0.3, 0.4) is 0 Å². The molecule has 0 aliphatic carbocycles. The van der Waals surface area contributed by atoms with E-state index in [1.807, 2.05) is 16.7 Å². The lowest BCUT2D eigenvalue weighted by Gasteiger charge is -2.08. The van der Waals surface area contributed by atoms with Crippen LogP contribution in [0.4, 0.5) is 0 Å². The van der Waals surface area contributed by atoms with Crippen molar-refractivity contribution in [2.24, 2.45) is 0 Å². The summed E-state index contributed by atoms with van der Waals surface area (Å²) in [4.78, 5) is 4.00. The molecular formula is C18H18N4O3S2. The second-order valence-corrected chi connectivity index (χ2v) is 8.20. The minimum atomic E-state index is -3.68. The van der Waals surface area contributed by atoms with E-state index >= 15 is 0 Å². The molecular weight excluding hydrogens is 384 g/mol. The van der Waals surface area contributed by atoms with Gasteiger partial charge in [0.1, 0.15) is 5.75 Å². The maximum absolute atomic E-state index is 12.1. The van der Waals surface area contributed by atoms with E-state index in [9.17, 15) is 8.42 Å². The lowest BCUT2D eigenvalue weighted by Crippen LogP contribution is -2.15. The Hall–Kier alpha value is -2.65. The van der Waals surface area contributed by atoms with Crippen molar-refractivity contribution in [1.82, 2.24) is 19.7 Å². The highest BCUT2D eigenvalue weighted by molar-refractivity contribution is 8.00. The Morgan fingerprint density at radius 1 is 1.11 bits per heavy atom. The first kappa shape index (κ1) is 19.1. The lowest BCUT2D eigenvalue weighted by atomic mass is 10.2. The van der Waals surface area contributed by atoms with E-state index in [2.05, 4.69) is 21.8 Å². The number of allylic oxidation sites excluding steroid dienone is 1. The van der Waals surface area contributed by atoms with Gasteiger partial charge in [-0.3, -0.25) is 9.55 Å². The Morgan fingerprint density at radius 3 is 2.56 bits per heavy atom. The molecule has 2 heterocycles. The van der Waals surface area contributed by atoms with E-state index in [4.69, 9.17) is 4.18 Å². The van der Waals surface area contributed by atoms with Crippen molar-refractivity contribution in [3.8, 4) is 17.1 Å². The first-order valence-corrected chi connectivity index (χ1v) is 10.7. The van der Waals surface area contributed by atoms with Gasteiger partial charge in [-0.25, -0.2) is 0 Å². The van der Waals surface area contributed by atoms with E-state index in [0.29, 0.717) is 29.0 Å². The molecule has 0 spiro atoms. The largest absolute Gasteiger partial charge is 0.382 e. The molecule has 0 aliphatic heterocycles. The van der Waals surface area contributed by atoms with Crippen molar-refractivity contribution in [2.45, 2.75) is 11.7 Å². The first-order valence-electron chi connectivity index (χ1n) is 8.13. The highest BCUT2D eigenvalue weighted by atomic mass is 32.2. The molecule has 0 radical (unpaired) electrons. The molecule has 3 aromatic rings. The van der Waals surface area contributed by atoms with E-state index < -0.39 is 10.1 Å². The SMILES string of the molecule is C=CCn1c(SCCS(=O)(=O)Oc2ccccc2)nnc1-c1ccncc1. The second-order valence-electron chi connectivity index (χ2n) is 5.45. The molecule has 9 heteroatoms. The minimum Gasteiger partial charge on any atom is -0.382 e. The van der Waals surface area contributed by atoms with Gasteiger partial charge >= 0.3 is 10.1 Å². The molecule has 27 heavy (non-hydrogen) atoms. The van der Waals surface area contributed by atoms with E-state index in [1.165, 1.54) is 11.8 Å². The minimum absolute atomic E-state index is 0.141. The van der Waals surface area contributed by atoms with Crippen molar-refractivity contribution in [3.05, 3.63) is 67.5 Å². The predicted octanol–water partition coefficient (Wildman–Crippen LogP) is 3.03. The van der Waals surface area contributed by atoms with Crippen LogP contribution in [0.5, 0.6) is 5.75 Å². The first-order chi connectivity index (χ1) is 13.1. The van der Waals surface area contributed by atoms with Gasteiger partial charge in [0.25, 0.3) is 0 Å². The fourth-order valence-electron chi connectivity index (χ4n) is 2.30. The number of pyridine rings is 1. The molecule has 0 atom stereocenters. The number of thioether (sulfide) groups is 1. The summed E-state index contributed by atoms with van der Waals surface area (Å²) in [6, 6.07) is 12.1. The average Bonchev–Trinajstić information content (AvgIpc) is 3.06. The van der Waals surface area contributed by atoms with Gasteiger partial charge in [0.2, 0.25) is 0 Å². The third kappa shape index (κ3) is 5.18. The third-order valence-corrected chi connectivity index (χ3v) is 5.88. The normalized spacial score (nSPS) is 11.3. The van der Waals surface area contributed by atoms with Crippen molar-refractivity contribution in [3.63, 3.8) is 0 Å². The zero-order chi connectivity index (χ0) is 19.1. The summed E-state index contributed by atoms with van der Waals surface area (Å²) >= 11 is 1.31. The van der Waals surface area contributed by atoms with Gasteiger partial charge in [-0.15, -0.1) is 16.8 Å². The van der Waals surface area contributed by atoms with Crippen LogP contribution in [0.25, 0.3) is 11.4 Å². The summed E-state index contributed by atoms with van der Waals surface area (Å²) in [5.41, 5.74) is 0.881. The average molecular weight is 403 g/mol. The smallest absolute Gasteiger partial charge is 0.310 e. The van der Waals surface area contributed by atoms with Crippen LogP contribution in [0, 0.1) is 0 Å². The van der Waals surface area contributed by atoms with Gasteiger partial charge in [0, 0.05) is 30.3 Å². The molecule has 7 nitrogen and oxygen atoms in total. The van der Waals surface area contributed by atoms with Crippen molar-refractivity contribution < 1.29 is 12.6 Å². The molecule has 0 N–H and O–H groups in total. The number of hydrogen-bond donors (Lipinski definition) is 0. The quantitative estimate of drug-likeness (QED) is 0.309. The Balaban J connectivity index is 1.67. The molecule has 0 aliphatic rings. The molecule has 1 aromatic carbocycles. The lowest BCUT2D eigenvalue weighted by molar-refractivity contribution is 0.488. The molecule has 140 valence electrons. The maximum atomic E-state index is 12.1. The van der Waals surface area contributed by atoms with E-state index in [0.717, 1.165) is 5.56 Å². The zero-order valence-electron chi connectivity index (χ0n) is 14.4. The number of rotatable bonds is 9. The fraction of sp³-hybridized carbons (Fsp3) is 0.167. The Kier molecular flexibility index (Phi) is 6.25. The van der Waals surface area contributed by atoms with Gasteiger partial charge in [-0.1, -0.05) is 36.0 Å². The summed E-state index contributed by atoms with van der Waals surface area (Å²) in [5.74, 6) is 1.14. The van der Waals surface area contributed by atoms with Crippen molar-refractivity contribution >= 4 is 21.9 Å². The summed E-state index contributed by atoms with van der Waals surface area (Å²) in [6.07, 6.45) is 5.11. The number of benzene rings is 1. The molecule has 2 aromatic heterocycles. The van der Waals surface area contributed by atoms with Crippen LogP contribution >= 0.6 is 11.8 Å². The zero-order valence-corrected chi connectivity index (χ0v) is 16.1. The maximum Gasteiger partial charge on any atom is 0.310 e. The number of aromatic nitrogens is 4. The van der Waals surface area contributed by atoms with Crippen molar-refractivity contribution in [2.75, 3.05) is 11.5 Å². The fourth-order valence-corrected chi connectivity index (χ4v) is 4.54. The van der Waals surface area contributed by atoms with Crippen LogP contribution in [0.2, 0.25) is 0 Å². The Labute approximate surface area is 162 Å². The van der Waals surface area contributed by atoms with Gasteiger partial charge in [0.05, 0.1) is 5.75 Å². The molecule has 0 saturated carbocycles. The summed E-state index contributed by atoms with van der Waals surface area (Å²) < 4.78 is 31.2. The molecule has 3 rings (SSSR count). The van der Waals surface area contributed by atoms with Gasteiger partial charge in [-0.05, 0) is 24.3 Å². The second kappa shape index (κ2) is 8.83. The molecule has 0 unspecified atom stereocenters. The highest BCUT2D eigenvalue weighted by Gasteiger charge is 2.17. The Bertz CT molecular complexity index is 990. The topological polar surface area (TPSA) is 87.0 Å². The van der Waals surface area contributed by atoms with Crippen molar-refractivity contribution in [1.29, 1.82) is 0 Å². The van der Waals surface area contributed by atoms with Crippen LogP contribution in [0.15, 0.2) is 72.7 Å². The van der Waals surface area contributed by atoms with E-state index in [-0.39, 0.29) is 5.75 Å². The summed E-state index contributed by atoms with van der Waals surface area (Å²) in [6.45, 7) is 4.28. The van der Waals surface area contributed by atoms with Gasteiger partial charge in [-0.2, -0.15) is 8.42 Å². The predicted molar refractivity (Wildman–Crippen MR) is 105 cm³/mol. The monoisotopic (exact) mass is 402 g/mol. The molecule has 0 fully saturated rings. The van der Waals surface area contributed by atoms with Crippen LogP contribution in [-0.4, -0.2) is 39.7 Å². The van der Waals surface area contributed by atoms with Crippen LogP contribution in [-0.2, 0) is 16.7 Å². The third-order valence-electron chi connectivity index (χ3n) is 3.50. The summed E-state index contributed by atoms with van der Waals surface area (Å²) in [5, 5.41) is 9.03. The number of hydrogen-bond acceptors (Lipinski definition) is 7. The van der Waals surface area contributed by atoms with Gasteiger partial charge < -0.3 is 4.18 Å². The van der Waals surface area contributed by atoms with Crippen LogP contribution < -0.4 is 4.18 Å². The highest BCUT2D eigenvalue weighted by Crippen LogP contribution is 2.24. The molecule has 0 saturated heterocycles. The molecule has 0 amide bonds. The standard InChI is InChI=1S/C18H18N4O3S2/c1-2-12-22-17(15-8-10-19-11-9-15)20-21-18(22)26-13-14-27(23,24)25-16-6-4-3-5-7-16/h2-11H,1,12-14H2. The van der Waals surface area contributed by atoms with Gasteiger partial charge in [0.15, 0.2) is 11.0 Å². The number of para-hydroxylation sites is 1. The summed E-state index contributed by atoms with van der Waals surface area (Å²) in [7, 11) is -3.68. The Morgan fingerprint density at radius 2 is 1.85 bits per heavy atom. The molecule has 0 bridgehead atoms. The van der Waals surface area contributed by atoms with Crippen LogP contribution in [0.1, 0.15) is 0 Å². The number of nitrogens with zero attached hydrogens (tertiary/aromatic N) is 4.